The number of hydrogen-bond acceptors (Lipinski definition) is 5. The monoisotopic (exact) mass is 460 g/mol. The summed E-state index contributed by atoms with van der Waals surface area (Å²) in [4.78, 5) is 17.1. The number of aromatic nitrogens is 1. The highest BCUT2D eigenvalue weighted by molar-refractivity contribution is 8.13. The van der Waals surface area contributed by atoms with E-state index >= 15 is 0 Å². The van der Waals surface area contributed by atoms with Crippen molar-refractivity contribution >= 4 is 53.7 Å². The molecule has 2 atom stereocenters. The average molecular weight is 461 g/mol. The van der Waals surface area contributed by atoms with Gasteiger partial charge in [-0.3, -0.25) is 4.79 Å². The number of thiazole rings is 1. The zero-order chi connectivity index (χ0) is 20.7. The molecule has 152 valence electrons. The Bertz CT molecular complexity index is 912. The first-order valence-electron chi connectivity index (χ1n) is 8.82. The van der Waals surface area contributed by atoms with Crippen molar-refractivity contribution in [3.8, 4) is 0 Å². The predicted octanol–water partition coefficient (Wildman–Crippen LogP) is 5.83. The van der Waals surface area contributed by atoms with Crippen LogP contribution in [0.25, 0.3) is 0 Å². The highest BCUT2D eigenvalue weighted by Crippen LogP contribution is 2.32. The fraction of sp³-hybridized carbons (Fsp3) is 0.368. The maximum absolute atomic E-state index is 13.0. The largest absolute Gasteiger partial charge is 0.301 e. The summed E-state index contributed by atoms with van der Waals surface area (Å²) in [5, 5.41) is 3.24. The molecular weight excluding hydrogens is 439 g/mol. The molecule has 0 radical (unpaired) electrons. The van der Waals surface area contributed by atoms with Crippen molar-refractivity contribution in [3.05, 3.63) is 53.0 Å². The van der Waals surface area contributed by atoms with Crippen molar-refractivity contribution in [3.63, 3.8) is 0 Å². The summed E-state index contributed by atoms with van der Waals surface area (Å²) >= 11 is 7.07. The number of benzene rings is 1. The van der Waals surface area contributed by atoms with Gasteiger partial charge in [0, 0.05) is 10.7 Å². The number of halogens is 2. The van der Waals surface area contributed by atoms with Gasteiger partial charge in [0.05, 0.1) is 17.0 Å². The minimum atomic E-state index is -3.82. The van der Waals surface area contributed by atoms with Crippen LogP contribution in [0.15, 0.2) is 48.0 Å². The maximum atomic E-state index is 13.0. The first-order chi connectivity index (χ1) is 13.2. The first kappa shape index (κ1) is 22.9. The van der Waals surface area contributed by atoms with Crippen LogP contribution in [0.1, 0.15) is 44.1 Å². The third kappa shape index (κ3) is 6.58. The van der Waals surface area contributed by atoms with Crippen LogP contribution < -0.4 is 5.32 Å². The molecule has 1 aromatic carbocycles. The number of nitrogens with zero attached hydrogens (tertiary/aromatic N) is 1. The lowest BCUT2D eigenvalue weighted by Gasteiger charge is -2.22. The molecule has 2 unspecified atom stereocenters. The molecular formula is C19H22Cl2N2O3S2. The van der Waals surface area contributed by atoms with Gasteiger partial charge in [0.2, 0.25) is 5.91 Å². The van der Waals surface area contributed by atoms with Gasteiger partial charge < -0.3 is 5.32 Å². The Labute approximate surface area is 179 Å². The van der Waals surface area contributed by atoms with Gasteiger partial charge in [-0.1, -0.05) is 60.9 Å². The molecule has 28 heavy (non-hydrogen) atoms. The van der Waals surface area contributed by atoms with Gasteiger partial charge in [-0.2, -0.15) is 0 Å². The molecule has 0 saturated heterocycles. The van der Waals surface area contributed by atoms with Gasteiger partial charge in [0.1, 0.15) is 4.34 Å². The normalized spacial score (nSPS) is 13.7. The fourth-order valence-electron chi connectivity index (χ4n) is 3.07. The smallest absolute Gasteiger partial charge is 0.261 e. The molecule has 0 aliphatic rings. The van der Waals surface area contributed by atoms with E-state index in [1.165, 1.54) is 29.7 Å². The lowest BCUT2D eigenvalue weighted by Crippen LogP contribution is -2.23. The molecule has 0 bridgehead atoms. The van der Waals surface area contributed by atoms with Crippen molar-refractivity contribution in [2.75, 3.05) is 5.32 Å². The summed E-state index contributed by atoms with van der Waals surface area (Å²) in [6.07, 6.45) is 6.71. The fourth-order valence-corrected chi connectivity index (χ4v) is 4.66. The molecule has 1 aromatic heterocycles. The molecule has 2 aromatic rings. The maximum Gasteiger partial charge on any atom is 0.261 e. The van der Waals surface area contributed by atoms with Crippen molar-refractivity contribution in [2.24, 2.45) is 5.92 Å². The summed E-state index contributed by atoms with van der Waals surface area (Å²) in [7, 11) is 1.58. The lowest BCUT2D eigenvalue weighted by atomic mass is 9.84. The molecule has 0 aliphatic carbocycles. The van der Waals surface area contributed by atoms with Crippen LogP contribution in [0.3, 0.4) is 0 Å². The number of carbonyl (C=O) groups is 1. The van der Waals surface area contributed by atoms with Crippen LogP contribution in [0.5, 0.6) is 0 Å². The number of nitrogens with one attached hydrogen (secondary N) is 1. The Kier molecular flexibility index (Phi) is 8.49. The number of anilines is 1. The van der Waals surface area contributed by atoms with E-state index in [1.54, 1.807) is 12.1 Å². The molecule has 2 rings (SSSR count). The van der Waals surface area contributed by atoms with Crippen molar-refractivity contribution < 1.29 is 13.2 Å². The quantitative estimate of drug-likeness (QED) is 0.357. The lowest BCUT2D eigenvalue weighted by molar-refractivity contribution is -0.118. The van der Waals surface area contributed by atoms with E-state index in [2.05, 4.69) is 23.8 Å². The van der Waals surface area contributed by atoms with Gasteiger partial charge in [0.25, 0.3) is 9.05 Å². The Balaban J connectivity index is 2.31. The summed E-state index contributed by atoms with van der Waals surface area (Å²) < 4.78 is 23.5. The molecule has 0 aliphatic heterocycles. The van der Waals surface area contributed by atoms with E-state index in [9.17, 15) is 13.2 Å². The van der Waals surface area contributed by atoms with Gasteiger partial charge in [-0.05, 0) is 36.5 Å². The summed E-state index contributed by atoms with van der Waals surface area (Å²) in [5.74, 6) is -0.390. The summed E-state index contributed by atoms with van der Waals surface area (Å²) in [5.41, 5.74) is 0.717. The zero-order valence-corrected chi connectivity index (χ0v) is 18.5. The molecule has 0 spiro atoms. The number of rotatable bonds is 10. The number of carbonyl (C=O) groups excluding carboxylic acids is 1. The van der Waals surface area contributed by atoms with Crippen molar-refractivity contribution in [1.29, 1.82) is 0 Å². The van der Waals surface area contributed by atoms with Crippen molar-refractivity contribution in [2.45, 2.75) is 43.4 Å². The molecule has 0 fully saturated rings. The van der Waals surface area contributed by atoms with E-state index in [0.717, 1.165) is 24.8 Å². The highest BCUT2D eigenvalue weighted by atomic mass is 35.7. The molecule has 1 amide bonds. The number of hydrogen-bond donors (Lipinski definition) is 1. The summed E-state index contributed by atoms with van der Waals surface area (Å²) in [6.45, 7) is 5.91. The van der Waals surface area contributed by atoms with Crippen LogP contribution in [-0.4, -0.2) is 19.3 Å². The Morgan fingerprint density at radius 2 is 2.04 bits per heavy atom. The van der Waals surface area contributed by atoms with Gasteiger partial charge >= 0.3 is 0 Å². The van der Waals surface area contributed by atoms with E-state index in [-0.39, 0.29) is 16.7 Å². The summed E-state index contributed by atoms with van der Waals surface area (Å²) in [6, 6.07) is 6.09. The average Bonchev–Trinajstić information content (AvgIpc) is 3.04. The van der Waals surface area contributed by atoms with Crippen molar-refractivity contribution in [1.82, 2.24) is 4.98 Å². The second-order valence-electron chi connectivity index (χ2n) is 6.43. The third-order valence-electron chi connectivity index (χ3n) is 4.35. The Morgan fingerprint density at radius 1 is 1.36 bits per heavy atom. The molecule has 9 heteroatoms. The van der Waals surface area contributed by atoms with Crippen LogP contribution in [-0.2, 0) is 13.8 Å². The second-order valence-corrected chi connectivity index (χ2v) is 10.7. The first-order valence-corrected chi connectivity index (χ1v) is 12.3. The molecule has 1 N–H and O–H groups in total. The topological polar surface area (TPSA) is 76.1 Å². The number of amides is 1. The standard InChI is InChI=1S/C19H22Cl2N2O3S2/c1-3-5-13(6-4-2)11-16(18(24)23-19-22-12-17(20)27-19)14-7-9-15(10-8-14)28(21,25)26/h3,7-10,12-13,16H,1,4-6,11H2,2H3,(H,22,23,24). The SMILES string of the molecule is C=CCC(CCC)CC(C(=O)Nc1ncc(Cl)s1)c1ccc(S(=O)(=O)Cl)cc1. The van der Waals surface area contributed by atoms with E-state index in [0.29, 0.717) is 15.9 Å². The van der Waals surface area contributed by atoms with Gasteiger partial charge in [-0.25, -0.2) is 13.4 Å². The number of allylic oxidation sites excluding steroid dienone is 1. The third-order valence-corrected chi connectivity index (χ3v) is 6.75. The molecule has 1 heterocycles. The van der Waals surface area contributed by atoms with Crippen LogP contribution in [0.2, 0.25) is 4.34 Å². The molecule has 5 nitrogen and oxygen atoms in total. The van der Waals surface area contributed by atoms with Crippen LogP contribution in [0, 0.1) is 5.92 Å². The van der Waals surface area contributed by atoms with Crippen LogP contribution >= 0.6 is 33.6 Å². The van der Waals surface area contributed by atoms with E-state index in [4.69, 9.17) is 22.3 Å². The Hall–Kier alpha value is -1.41. The zero-order valence-electron chi connectivity index (χ0n) is 15.4. The van der Waals surface area contributed by atoms with Gasteiger partial charge in [-0.15, -0.1) is 6.58 Å². The highest BCUT2D eigenvalue weighted by Gasteiger charge is 2.25. The second kappa shape index (κ2) is 10.4. The Morgan fingerprint density at radius 3 is 2.54 bits per heavy atom. The van der Waals surface area contributed by atoms with Crippen LogP contribution in [0.4, 0.5) is 5.13 Å². The minimum Gasteiger partial charge on any atom is -0.301 e. The van der Waals surface area contributed by atoms with E-state index in [1.807, 2.05) is 6.08 Å². The van der Waals surface area contributed by atoms with Gasteiger partial charge in [0.15, 0.2) is 5.13 Å². The van der Waals surface area contributed by atoms with E-state index < -0.39 is 15.0 Å². The predicted molar refractivity (Wildman–Crippen MR) is 116 cm³/mol. The minimum absolute atomic E-state index is 0.0000187. The molecule has 0 saturated carbocycles.